The molecule has 1 fully saturated rings. The lowest BCUT2D eigenvalue weighted by Crippen LogP contribution is -2.57. The van der Waals surface area contributed by atoms with Crippen molar-refractivity contribution in [1.29, 1.82) is 0 Å². The van der Waals surface area contributed by atoms with Gasteiger partial charge in [-0.1, -0.05) is 52.7 Å². The number of allylic oxidation sites excluding steroid dienone is 1. The van der Waals surface area contributed by atoms with Gasteiger partial charge in [0, 0.05) is 13.1 Å². The Morgan fingerprint density at radius 1 is 1.05 bits per heavy atom. The largest absolute Gasteiger partial charge is 0.444 e. The first kappa shape index (κ1) is 35.8. The van der Waals surface area contributed by atoms with Crippen molar-refractivity contribution in [3.8, 4) is 0 Å². The highest BCUT2D eigenvalue weighted by molar-refractivity contribution is 6.38. The maximum atomic E-state index is 13.5. The number of likely N-dealkylation sites (tertiary alicyclic amines) is 1. The number of amides is 4. The van der Waals surface area contributed by atoms with Gasteiger partial charge >= 0.3 is 6.09 Å². The van der Waals surface area contributed by atoms with Crippen LogP contribution in [0.25, 0.3) is 0 Å². The van der Waals surface area contributed by atoms with Crippen LogP contribution in [0.15, 0.2) is 25.3 Å². The summed E-state index contributed by atoms with van der Waals surface area (Å²) in [5.74, 6) is -2.69. The van der Waals surface area contributed by atoms with Crippen LogP contribution in [0.1, 0.15) is 87.0 Å². The van der Waals surface area contributed by atoms with E-state index in [0.29, 0.717) is 32.2 Å². The van der Waals surface area contributed by atoms with Gasteiger partial charge in [0.15, 0.2) is 0 Å². The third-order valence-corrected chi connectivity index (χ3v) is 5.91. The number of carbonyl (C=O) groups excluding carboxylic acids is 5. The molecule has 10 heteroatoms. The van der Waals surface area contributed by atoms with Crippen molar-refractivity contribution >= 4 is 29.6 Å². The minimum absolute atomic E-state index is 0.124. The maximum Gasteiger partial charge on any atom is 0.408 e. The Bertz CT molecular complexity index is 851. The van der Waals surface area contributed by atoms with E-state index in [0.717, 1.165) is 0 Å². The van der Waals surface area contributed by atoms with Gasteiger partial charge in [-0.3, -0.25) is 19.2 Å². The van der Waals surface area contributed by atoms with Crippen LogP contribution in [-0.2, 0) is 23.9 Å². The minimum atomic E-state index is -1.05. The molecule has 1 aliphatic rings. The van der Waals surface area contributed by atoms with Crippen molar-refractivity contribution in [3.05, 3.63) is 25.3 Å². The highest BCUT2D eigenvalue weighted by Gasteiger charge is 2.40. The molecule has 39 heavy (non-hydrogen) atoms. The van der Waals surface area contributed by atoms with E-state index < -0.39 is 47.4 Å². The van der Waals surface area contributed by atoms with Crippen LogP contribution < -0.4 is 16.0 Å². The number of rotatable bonds is 13. The van der Waals surface area contributed by atoms with Crippen LogP contribution in [0.5, 0.6) is 0 Å². The summed E-state index contributed by atoms with van der Waals surface area (Å²) in [4.78, 5) is 65.4. The predicted octanol–water partition coefficient (Wildman–Crippen LogP) is 3.66. The molecule has 1 rings (SSSR count). The van der Waals surface area contributed by atoms with E-state index in [1.807, 2.05) is 13.8 Å². The molecule has 3 N–H and O–H groups in total. The molecule has 0 bridgehead atoms. The maximum absolute atomic E-state index is 13.5. The standard InChI is InChI=1S/C26H42N4O6.C3H8/c1-8-11-13-18(21(31)23(33)27-15-9-2)28-22(32)19-14-12-16-30(19)24(34)20(17(4)10-3)29-25(35)36-26(5,6)7;1-3-2/h8-9,17-20H,1-2,10-16H2,3-7H3,(H,27,33)(H,28,32)(H,29,35);3H2,1-2H3/t17?,18?,19-,20-;/m0./s1. The summed E-state index contributed by atoms with van der Waals surface area (Å²) < 4.78 is 5.33. The van der Waals surface area contributed by atoms with Gasteiger partial charge < -0.3 is 25.6 Å². The molecule has 4 amide bonds. The second kappa shape index (κ2) is 18.2. The summed E-state index contributed by atoms with van der Waals surface area (Å²) in [6, 6.07) is -2.75. The Morgan fingerprint density at radius 2 is 1.67 bits per heavy atom. The van der Waals surface area contributed by atoms with Crippen LogP contribution in [0.3, 0.4) is 0 Å². The van der Waals surface area contributed by atoms with Crippen molar-refractivity contribution in [2.75, 3.05) is 13.1 Å². The molecule has 1 aliphatic heterocycles. The average molecular weight is 551 g/mol. The number of carbonyl (C=O) groups is 5. The van der Waals surface area contributed by atoms with E-state index >= 15 is 0 Å². The topological polar surface area (TPSA) is 134 Å². The van der Waals surface area contributed by atoms with E-state index in [9.17, 15) is 24.0 Å². The molecule has 0 aromatic heterocycles. The zero-order valence-corrected chi connectivity index (χ0v) is 24.9. The van der Waals surface area contributed by atoms with E-state index in [1.165, 1.54) is 17.4 Å². The molecule has 10 nitrogen and oxygen atoms in total. The third kappa shape index (κ3) is 13.0. The van der Waals surface area contributed by atoms with Crippen molar-refractivity contribution in [3.63, 3.8) is 0 Å². The fourth-order valence-electron chi connectivity index (χ4n) is 3.83. The zero-order valence-electron chi connectivity index (χ0n) is 24.9. The fourth-order valence-corrected chi connectivity index (χ4v) is 3.83. The zero-order chi connectivity index (χ0) is 30.2. The van der Waals surface area contributed by atoms with E-state index in [-0.39, 0.29) is 24.8 Å². The first-order chi connectivity index (χ1) is 18.3. The predicted molar refractivity (Wildman–Crippen MR) is 153 cm³/mol. The van der Waals surface area contributed by atoms with Crippen LogP contribution in [0, 0.1) is 5.92 Å². The van der Waals surface area contributed by atoms with E-state index in [4.69, 9.17) is 4.74 Å². The number of nitrogens with one attached hydrogen (secondary N) is 3. The molecule has 0 radical (unpaired) electrons. The Balaban J connectivity index is 0.00000458. The smallest absolute Gasteiger partial charge is 0.408 e. The number of alkyl carbamates (subject to hydrolysis) is 1. The second-order valence-corrected chi connectivity index (χ2v) is 10.7. The van der Waals surface area contributed by atoms with Crippen LogP contribution in [0.2, 0.25) is 0 Å². The molecule has 0 aromatic carbocycles. The van der Waals surface area contributed by atoms with Gasteiger partial charge in [-0.2, -0.15) is 0 Å². The number of hydrogen-bond acceptors (Lipinski definition) is 6. The van der Waals surface area contributed by atoms with Gasteiger partial charge in [0.25, 0.3) is 5.91 Å². The molecule has 0 aliphatic carbocycles. The molecule has 4 atom stereocenters. The summed E-state index contributed by atoms with van der Waals surface area (Å²) in [6.07, 6.45) is 5.82. The van der Waals surface area contributed by atoms with Gasteiger partial charge in [-0.15, -0.1) is 13.2 Å². The summed E-state index contributed by atoms with van der Waals surface area (Å²) in [5.41, 5.74) is -0.728. The first-order valence-corrected chi connectivity index (χ1v) is 13.9. The number of Topliss-reactive ketones (excluding diaryl/α,β-unsaturated/α-hetero) is 1. The third-order valence-electron chi connectivity index (χ3n) is 5.91. The SMILES string of the molecule is C=CCCC(NC(=O)[C@@H]1CCCN1C(=O)[C@@H](NC(=O)OC(C)(C)C)C(C)CC)C(=O)C(=O)NCC=C.CCC. The van der Waals surface area contributed by atoms with Crippen molar-refractivity contribution in [2.45, 2.75) is 111 Å². The number of ether oxygens (including phenoxy) is 1. The molecule has 1 saturated heterocycles. The second-order valence-electron chi connectivity index (χ2n) is 10.7. The summed E-state index contributed by atoms with van der Waals surface area (Å²) in [7, 11) is 0. The lowest BCUT2D eigenvalue weighted by molar-refractivity contribution is -0.143. The average Bonchev–Trinajstić information content (AvgIpc) is 3.36. The van der Waals surface area contributed by atoms with Crippen LogP contribution in [0.4, 0.5) is 4.79 Å². The van der Waals surface area contributed by atoms with Gasteiger partial charge in [0.05, 0.1) is 6.04 Å². The molecule has 1 heterocycles. The van der Waals surface area contributed by atoms with E-state index in [2.05, 4.69) is 43.0 Å². The van der Waals surface area contributed by atoms with Crippen molar-refractivity contribution in [1.82, 2.24) is 20.9 Å². The number of ketones is 1. The Labute approximate surface area is 234 Å². The Hall–Kier alpha value is -3.17. The highest BCUT2D eigenvalue weighted by atomic mass is 16.6. The van der Waals surface area contributed by atoms with Crippen molar-refractivity contribution < 1.29 is 28.7 Å². The molecule has 0 spiro atoms. The Kier molecular flexibility index (Phi) is 16.7. The van der Waals surface area contributed by atoms with Crippen molar-refractivity contribution in [2.24, 2.45) is 5.92 Å². The van der Waals surface area contributed by atoms with Crippen LogP contribution >= 0.6 is 0 Å². The normalized spacial score (nSPS) is 16.9. The number of hydrogen-bond donors (Lipinski definition) is 3. The molecular formula is C29H50N4O6. The van der Waals surface area contributed by atoms with Gasteiger partial charge in [0.2, 0.25) is 17.6 Å². The van der Waals surface area contributed by atoms with Gasteiger partial charge in [-0.25, -0.2) is 4.79 Å². The summed E-state index contributed by atoms with van der Waals surface area (Å²) >= 11 is 0. The summed E-state index contributed by atoms with van der Waals surface area (Å²) in [5, 5.41) is 7.76. The monoisotopic (exact) mass is 550 g/mol. The molecule has 2 unspecified atom stereocenters. The highest BCUT2D eigenvalue weighted by Crippen LogP contribution is 2.22. The fraction of sp³-hybridized carbons (Fsp3) is 0.690. The quantitative estimate of drug-likeness (QED) is 0.237. The molecule has 0 saturated carbocycles. The van der Waals surface area contributed by atoms with Crippen LogP contribution in [-0.4, -0.2) is 71.3 Å². The molecular weight excluding hydrogens is 500 g/mol. The summed E-state index contributed by atoms with van der Waals surface area (Å²) in [6.45, 7) is 20.8. The molecule has 222 valence electrons. The molecule has 0 aromatic rings. The van der Waals surface area contributed by atoms with E-state index in [1.54, 1.807) is 26.8 Å². The minimum Gasteiger partial charge on any atom is -0.444 e. The lowest BCUT2D eigenvalue weighted by atomic mass is 9.97. The van der Waals surface area contributed by atoms with Gasteiger partial charge in [0.1, 0.15) is 17.7 Å². The van der Waals surface area contributed by atoms with Gasteiger partial charge in [-0.05, 0) is 52.4 Å². The Morgan fingerprint density at radius 3 is 2.18 bits per heavy atom. The first-order valence-electron chi connectivity index (χ1n) is 13.9. The lowest BCUT2D eigenvalue weighted by Gasteiger charge is -2.32. The number of nitrogens with zero attached hydrogens (tertiary/aromatic N) is 1.